The van der Waals surface area contributed by atoms with Crippen LogP contribution in [0.25, 0.3) is 10.9 Å². The quantitative estimate of drug-likeness (QED) is 0.558. The van der Waals surface area contributed by atoms with E-state index in [1.165, 1.54) is 18.3 Å². The van der Waals surface area contributed by atoms with Gasteiger partial charge >= 0.3 is 6.03 Å². The van der Waals surface area contributed by atoms with Crippen LogP contribution in [0.1, 0.15) is 6.42 Å². The molecule has 0 fully saturated rings. The molecule has 1 aromatic heterocycles. The van der Waals surface area contributed by atoms with Gasteiger partial charge in [0.05, 0.1) is 16.0 Å². The Morgan fingerprint density at radius 3 is 2.77 bits per heavy atom. The first-order valence-corrected chi connectivity index (χ1v) is 6.34. The number of primary amides is 1. The summed E-state index contributed by atoms with van der Waals surface area (Å²) in [7, 11) is 0. The Labute approximate surface area is 124 Å². The molecule has 2 aromatic rings. The van der Waals surface area contributed by atoms with E-state index in [1.54, 1.807) is 12.1 Å². The third kappa shape index (κ3) is 3.45. The summed E-state index contributed by atoms with van der Waals surface area (Å²) in [5.74, 6) is -0.515. The molecule has 1 heterocycles. The number of fused-ring (bicyclic) bond motifs is 1. The Balaban J connectivity index is 2.16. The molecule has 2 rings (SSSR count). The lowest BCUT2D eigenvalue weighted by atomic mass is 10.1. The average molecular weight is 303 g/mol. The first-order chi connectivity index (χ1) is 10.5. The van der Waals surface area contributed by atoms with E-state index in [-0.39, 0.29) is 18.7 Å². The lowest BCUT2D eigenvalue weighted by molar-refractivity contribution is -0.383. The number of nitrogens with one attached hydrogen (secondary N) is 2. The number of hydrogen-bond acceptors (Lipinski definition) is 6. The molecule has 0 aliphatic carbocycles. The van der Waals surface area contributed by atoms with Crippen LogP contribution in [0, 0.1) is 10.1 Å². The zero-order chi connectivity index (χ0) is 16.1. The number of carbonyl (C=O) groups excluding carboxylic acids is 2. The van der Waals surface area contributed by atoms with Crippen LogP contribution in [0.15, 0.2) is 30.5 Å². The number of urea groups is 1. The third-order valence-electron chi connectivity index (χ3n) is 2.87. The van der Waals surface area contributed by atoms with Gasteiger partial charge < -0.3 is 11.1 Å². The molecule has 0 aliphatic heterocycles. The number of nitrogens with zero attached hydrogens (tertiary/aromatic N) is 2. The topological polar surface area (TPSA) is 140 Å². The monoisotopic (exact) mass is 303 g/mol. The minimum Gasteiger partial charge on any atom is -0.383 e. The number of imide groups is 1. The molecule has 22 heavy (non-hydrogen) atoms. The van der Waals surface area contributed by atoms with Crippen LogP contribution in [0.2, 0.25) is 0 Å². The second-order valence-corrected chi connectivity index (χ2v) is 4.38. The normalized spacial score (nSPS) is 10.2. The van der Waals surface area contributed by atoms with Crippen molar-refractivity contribution < 1.29 is 14.5 Å². The fourth-order valence-electron chi connectivity index (χ4n) is 1.97. The molecular formula is C13H13N5O4. The maximum Gasteiger partial charge on any atom is 0.318 e. The fraction of sp³-hybridized carbons (Fsp3) is 0.154. The highest BCUT2D eigenvalue weighted by Crippen LogP contribution is 2.29. The van der Waals surface area contributed by atoms with E-state index in [1.807, 2.05) is 5.32 Å². The van der Waals surface area contributed by atoms with Gasteiger partial charge in [0.2, 0.25) is 5.91 Å². The van der Waals surface area contributed by atoms with Crippen LogP contribution in [0.4, 0.5) is 16.2 Å². The predicted molar refractivity (Wildman–Crippen MR) is 79.2 cm³/mol. The molecule has 9 nitrogen and oxygen atoms in total. The number of nitro groups is 1. The zero-order valence-electron chi connectivity index (χ0n) is 11.4. The molecule has 0 aliphatic rings. The predicted octanol–water partition coefficient (Wildman–Crippen LogP) is 1.14. The van der Waals surface area contributed by atoms with E-state index in [2.05, 4.69) is 10.3 Å². The van der Waals surface area contributed by atoms with Gasteiger partial charge in [0.25, 0.3) is 5.69 Å². The van der Waals surface area contributed by atoms with Gasteiger partial charge in [-0.05, 0) is 18.2 Å². The molecule has 4 N–H and O–H groups in total. The minimum atomic E-state index is -0.910. The van der Waals surface area contributed by atoms with Gasteiger partial charge in [0.1, 0.15) is 5.52 Å². The third-order valence-corrected chi connectivity index (χ3v) is 2.87. The van der Waals surface area contributed by atoms with E-state index in [4.69, 9.17) is 5.73 Å². The summed E-state index contributed by atoms with van der Waals surface area (Å²) in [6.07, 6.45) is 1.55. The molecule has 0 radical (unpaired) electrons. The van der Waals surface area contributed by atoms with Crippen LogP contribution in [-0.4, -0.2) is 28.4 Å². The van der Waals surface area contributed by atoms with Gasteiger partial charge in [-0.1, -0.05) is 0 Å². The lowest BCUT2D eigenvalue weighted by Crippen LogP contribution is -2.35. The zero-order valence-corrected chi connectivity index (χ0v) is 11.4. The summed E-state index contributed by atoms with van der Waals surface area (Å²) >= 11 is 0. The van der Waals surface area contributed by atoms with Gasteiger partial charge in [-0.3, -0.25) is 25.2 Å². The molecule has 9 heteroatoms. The van der Waals surface area contributed by atoms with Crippen molar-refractivity contribution in [2.45, 2.75) is 6.42 Å². The van der Waals surface area contributed by atoms with Crippen molar-refractivity contribution in [1.29, 1.82) is 0 Å². The van der Waals surface area contributed by atoms with Gasteiger partial charge in [-0.15, -0.1) is 0 Å². The van der Waals surface area contributed by atoms with E-state index in [9.17, 15) is 19.7 Å². The van der Waals surface area contributed by atoms with Crippen molar-refractivity contribution in [2.24, 2.45) is 5.73 Å². The summed E-state index contributed by atoms with van der Waals surface area (Å²) < 4.78 is 0. The van der Waals surface area contributed by atoms with E-state index < -0.39 is 16.9 Å². The van der Waals surface area contributed by atoms with Crippen molar-refractivity contribution in [3.63, 3.8) is 0 Å². The lowest BCUT2D eigenvalue weighted by Gasteiger charge is -2.09. The number of pyridine rings is 1. The van der Waals surface area contributed by atoms with Crippen molar-refractivity contribution in [3.8, 4) is 0 Å². The maximum atomic E-state index is 11.3. The van der Waals surface area contributed by atoms with Crippen LogP contribution < -0.4 is 16.4 Å². The van der Waals surface area contributed by atoms with E-state index in [0.717, 1.165) is 0 Å². The molecule has 0 saturated heterocycles. The highest BCUT2D eigenvalue weighted by atomic mass is 16.6. The number of aromatic nitrogens is 1. The Hall–Kier alpha value is -3.23. The second kappa shape index (κ2) is 6.48. The second-order valence-electron chi connectivity index (χ2n) is 4.38. The standard InChI is InChI=1S/C13H13N5O4/c14-13(20)17-11(19)5-7-15-9-3-4-10(18(21)22)8-2-1-6-16-12(8)9/h1-4,6,15H,5,7H2,(H3,14,17,19,20). The Bertz CT molecular complexity index is 746. The summed E-state index contributed by atoms with van der Waals surface area (Å²) in [5.41, 5.74) is 5.79. The summed E-state index contributed by atoms with van der Waals surface area (Å²) in [4.78, 5) is 36.5. The largest absolute Gasteiger partial charge is 0.383 e. The fourth-order valence-corrected chi connectivity index (χ4v) is 1.97. The molecule has 0 saturated carbocycles. The van der Waals surface area contributed by atoms with Gasteiger partial charge in [-0.25, -0.2) is 4.79 Å². The van der Waals surface area contributed by atoms with Gasteiger partial charge in [0, 0.05) is 25.2 Å². The molecule has 0 bridgehead atoms. The van der Waals surface area contributed by atoms with Crippen LogP contribution in [-0.2, 0) is 4.79 Å². The maximum absolute atomic E-state index is 11.3. The SMILES string of the molecule is NC(=O)NC(=O)CCNc1ccc([N+](=O)[O-])c2cccnc12. The number of rotatable bonds is 5. The number of nitro benzene ring substituents is 1. The molecule has 0 atom stereocenters. The van der Waals surface area contributed by atoms with Gasteiger partial charge in [0.15, 0.2) is 0 Å². The summed E-state index contributed by atoms with van der Waals surface area (Å²) in [5, 5.41) is 16.3. The van der Waals surface area contributed by atoms with Crippen LogP contribution in [0.5, 0.6) is 0 Å². The molecule has 0 unspecified atom stereocenters. The van der Waals surface area contributed by atoms with Crippen LogP contribution >= 0.6 is 0 Å². The molecule has 0 spiro atoms. The minimum absolute atomic E-state index is 0.0221. The molecule has 114 valence electrons. The number of non-ortho nitro benzene ring substituents is 1. The Morgan fingerprint density at radius 2 is 2.09 bits per heavy atom. The highest BCUT2D eigenvalue weighted by molar-refractivity contribution is 5.97. The van der Waals surface area contributed by atoms with Crippen molar-refractivity contribution in [3.05, 3.63) is 40.6 Å². The average Bonchev–Trinajstić information content (AvgIpc) is 2.46. The highest BCUT2D eigenvalue weighted by Gasteiger charge is 2.14. The first kappa shape index (κ1) is 15.2. The Morgan fingerprint density at radius 1 is 1.32 bits per heavy atom. The molecule has 3 amide bonds. The van der Waals surface area contributed by atoms with E-state index in [0.29, 0.717) is 16.6 Å². The molecular weight excluding hydrogens is 290 g/mol. The van der Waals surface area contributed by atoms with Crippen molar-refractivity contribution in [2.75, 3.05) is 11.9 Å². The summed E-state index contributed by atoms with van der Waals surface area (Å²) in [6.45, 7) is 0.225. The first-order valence-electron chi connectivity index (χ1n) is 6.34. The van der Waals surface area contributed by atoms with Crippen molar-refractivity contribution >= 4 is 34.2 Å². The van der Waals surface area contributed by atoms with Gasteiger partial charge in [-0.2, -0.15) is 0 Å². The number of hydrogen-bond donors (Lipinski definition) is 3. The van der Waals surface area contributed by atoms with Crippen LogP contribution in [0.3, 0.4) is 0 Å². The Kier molecular flexibility index (Phi) is 4.47. The number of benzene rings is 1. The number of amides is 3. The molecule has 1 aromatic carbocycles. The number of nitrogens with two attached hydrogens (primary N) is 1. The van der Waals surface area contributed by atoms with E-state index >= 15 is 0 Å². The number of anilines is 1. The number of carbonyl (C=O) groups is 2. The summed E-state index contributed by atoms with van der Waals surface area (Å²) in [6, 6.07) is 5.20. The smallest absolute Gasteiger partial charge is 0.318 e. The van der Waals surface area contributed by atoms with Crippen molar-refractivity contribution in [1.82, 2.24) is 10.3 Å².